The Bertz CT molecular complexity index is 831. The average Bonchev–Trinajstić information content (AvgIpc) is 3.48. The molecule has 1 aliphatic carbocycles. The highest BCUT2D eigenvalue weighted by atomic mass is 35.5. The molecule has 1 aliphatic rings. The predicted octanol–water partition coefficient (Wildman–Crippen LogP) is 4.35. The molecule has 0 saturated heterocycles. The maximum Gasteiger partial charge on any atom is 0.240 e. The predicted molar refractivity (Wildman–Crippen MR) is 101 cm³/mol. The molecular formula is C20H20ClN3O2. The van der Waals surface area contributed by atoms with Gasteiger partial charge in [0.2, 0.25) is 5.91 Å². The van der Waals surface area contributed by atoms with Gasteiger partial charge in [-0.25, -0.2) is 0 Å². The van der Waals surface area contributed by atoms with Crippen LogP contribution < -0.4 is 15.4 Å². The van der Waals surface area contributed by atoms with Crippen LogP contribution in [0.3, 0.4) is 0 Å². The molecule has 1 atom stereocenters. The number of halogens is 1. The van der Waals surface area contributed by atoms with Crippen molar-refractivity contribution in [2.75, 3.05) is 11.9 Å². The number of nitrogens with zero attached hydrogens (tertiary/aromatic N) is 1. The Labute approximate surface area is 157 Å². The third-order valence-corrected chi connectivity index (χ3v) is 4.61. The van der Waals surface area contributed by atoms with E-state index in [1.54, 1.807) is 25.1 Å². The summed E-state index contributed by atoms with van der Waals surface area (Å²) in [4.78, 5) is 12.3. The van der Waals surface area contributed by atoms with Crippen LogP contribution in [0.5, 0.6) is 11.5 Å². The smallest absolute Gasteiger partial charge is 0.240 e. The van der Waals surface area contributed by atoms with E-state index in [-0.39, 0.29) is 18.4 Å². The number of anilines is 1. The average molecular weight is 370 g/mol. The van der Waals surface area contributed by atoms with Crippen LogP contribution in [0.4, 0.5) is 5.69 Å². The molecule has 3 rings (SSSR count). The van der Waals surface area contributed by atoms with E-state index in [1.807, 2.05) is 30.3 Å². The van der Waals surface area contributed by atoms with Gasteiger partial charge in [0.25, 0.3) is 0 Å². The zero-order valence-corrected chi connectivity index (χ0v) is 15.2. The largest absolute Gasteiger partial charge is 0.455 e. The van der Waals surface area contributed by atoms with Crippen molar-refractivity contribution in [3.63, 3.8) is 0 Å². The number of amides is 1. The first kappa shape index (κ1) is 18.1. The maximum absolute atomic E-state index is 12.3. The molecule has 1 amide bonds. The van der Waals surface area contributed by atoms with Crippen molar-refractivity contribution in [2.24, 2.45) is 5.92 Å². The molecule has 26 heavy (non-hydrogen) atoms. The number of rotatable bonds is 7. The second kappa shape index (κ2) is 7.67. The third kappa shape index (κ3) is 4.47. The Morgan fingerprint density at radius 3 is 2.69 bits per heavy atom. The van der Waals surface area contributed by atoms with E-state index >= 15 is 0 Å². The van der Waals surface area contributed by atoms with E-state index < -0.39 is 5.54 Å². The quantitative estimate of drug-likeness (QED) is 0.760. The zero-order valence-electron chi connectivity index (χ0n) is 14.5. The Balaban J connectivity index is 1.66. The maximum atomic E-state index is 12.3. The summed E-state index contributed by atoms with van der Waals surface area (Å²) in [5.74, 6) is 1.25. The summed E-state index contributed by atoms with van der Waals surface area (Å²) in [6.45, 7) is 1.79. The molecule has 6 heteroatoms. The molecule has 2 aromatic rings. The highest BCUT2D eigenvalue weighted by molar-refractivity contribution is 6.30. The molecule has 0 radical (unpaired) electrons. The van der Waals surface area contributed by atoms with Crippen LogP contribution in [0.1, 0.15) is 19.8 Å². The van der Waals surface area contributed by atoms with E-state index in [0.717, 1.165) is 12.8 Å². The van der Waals surface area contributed by atoms with Crippen molar-refractivity contribution in [1.82, 2.24) is 5.32 Å². The first-order valence-corrected chi connectivity index (χ1v) is 8.86. The lowest BCUT2D eigenvalue weighted by molar-refractivity contribution is -0.120. The number of nitriles is 1. The van der Waals surface area contributed by atoms with Crippen molar-refractivity contribution in [2.45, 2.75) is 25.3 Å². The number of hydrogen-bond acceptors (Lipinski definition) is 4. The molecule has 0 spiro atoms. The molecule has 1 saturated carbocycles. The van der Waals surface area contributed by atoms with Crippen LogP contribution in [0.15, 0.2) is 48.5 Å². The highest BCUT2D eigenvalue weighted by Gasteiger charge is 2.42. The van der Waals surface area contributed by atoms with Crippen LogP contribution in [0.2, 0.25) is 5.02 Å². The van der Waals surface area contributed by atoms with Crippen molar-refractivity contribution in [3.8, 4) is 17.6 Å². The van der Waals surface area contributed by atoms with Gasteiger partial charge in [-0.2, -0.15) is 5.26 Å². The van der Waals surface area contributed by atoms with Gasteiger partial charge in [-0.3, -0.25) is 4.79 Å². The summed E-state index contributed by atoms with van der Waals surface area (Å²) in [7, 11) is 0. The number of carbonyl (C=O) groups is 1. The second-order valence-corrected chi connectivity index (χ2v) is 6.98. The summed E-state index contributed by atoms with van der Waals surface area (Å²) in [5, 5.41) is 15.8. The van der Waals surface area contributed by atoms with Crippen LogP contribution in [-0.4, -0.2) is 18.0 Å². The lowest BCUT2D eigenvalue weighted by atomic mass is 9.98. The van der Waals surface area contributed by atoms with Crippen LogP contribution >= 0.6 is 11.6 Å². The molecule has 0 heterocycles. The van der Waals surface area contributed by atoms with Gasteiger partial charge >= 0.3 is 0 Å². The Kier molecular flexibility index (Phi) is 5.34. The van der Waals surface area contributed by atoms with Crippen LogP contribution in [-0.2, 0) is 4.79 Å². The number of carbonyl (C=O) groups excluding carboxylic acids is 1. The fraction of sp³-hybridized carbons (Fsp3) is 0.300. The summed E-state index contributed by atoms with van der Waals surface area (Å²) < 4.78 is 5.86. The lowest BCUT2D eigenvalue weighted by Crippen LogP contribution is -2.48. The van der Waals surface area contributed by atoms with Gasteiger partial charge in [-0.1, -0.05) is 29.8 Å². The van der Waals surface area contributed by atoms with Crippen molar-refractivity contribution in [3.05, 3.63) is 53.6 Å². The normalized spacial score (nSPS) is 15.4. The van der Waals surface area contributed by atoms with Crippen molar-refractivity contribution in [1.29, 1.82) is 5.26 Å². The van der Waals surface area contributed by atoms with E-state index in [2.05, 4.69) is 16.7 Å². The standard InChI is InChI=1S/C20H20ClN3O2/c1-20(13-22,14-7-8-14)24-19(25)12-23-17-11-15(21)9-10-18(17)26-16-5-3-2-4-6-16/h2-6,9-11,14,23H,7-8,12H2,1H3,(H,24,25). The SMILES string of the molecule is CC(C#N)(NC(=O)CNc1cc(Cl)ccc1Oc1ccccc1)C1CC1. The topological polar surface area (TPSA) is 74.2 Å². The molecule has 0 aliphatic heterocycles. The minimum absolute atomic E-state index is 0.0233. The summed E-state index contributed by atoms with van der Waals surface area (Å²) in [5.41, 5.74) is -0.196. The third-order valence-electron chi connectivity index (χ3n) is 4.38. The van der Waals surface area contributed by atoms with Gasteiger partial charge in [0.05, 0.1) is 18.3 Å². The van der Waals surface area contributed by atoms with Gasteiger partial charge in [-0.05, 0) is 56.0 Å². The van der Waals surface area contributed by atoms with Gasteiger partial charge in [-0.15, -0.1) is 0 Å². The zero-order chi connectivity index (χ0) is 18.6. The molecule has 1 fully saturated rings. The molecular weight excluding hydrogens is 350 g/mol. The fourth-order valence-electron chi connectivity index (χ4n) is 2.74. The number of hydrogen-bond donors (Lipinski definition) is 2. The highest BCUT2D eigenvalue weighted by Crippen LogP contribution is 2.39. The van der Waals surface area contributed by atoms with Gasteiger partial charge < -0.3 is 15.4 Å². The molecule has 0 bridgehead atoms. The number of ether oxygens (including phenoxy) is 1. The lowest BCUT2D eigenvalue weighted by Gasteiger charge is -2.23. The van der Waals surface area contributed by atoms with Gasteiger partial charge in [0.15, 0.2) is 5.75 Å². The van der Waals surface area contributed by atoms with E-state index in [1.165, 1.54) is 0 Å². The van der Waals surface area contributed by atoms with Gasteiger partial charge in [0, 0.05) is 5.02 Å². The first-order chi connectivity index (χ1) is 12.5. The molecule has 1 unspecified atom stereocenters. The minimum Gasteiger partial charge on any atom is -0.455 e. The van der Waals surface area contributed by atoms with E-state index in [9.17, 15) is 10.1 Å². The van der Waals surface area contributed by atoms with Crippen molar-refractivity contribution < 1.29 is 9.53 Å². The Hall–Kier alpha value is -2.71. The monoisotopic (exact) mass is 369 g/mol. The number of benzene rings is 2. The van der Waals surface area contributed by atoms with E-state index in [4.69, 9.17) is 16.3 Å². The Morgan fingerprint density at radius 1 is 1.31 bits per heavy atom. The molecule has 5 nitrogen and oxygen atoms in total. The fourth-order valence-corrected chi connectivity index (χ4v) is 2.91. The number of nitrogens with one attached hydrogen (secondary N) is 2. The summed E-state index contributed by atoms with van der Waals surface area (Å²) in [6.07, 6.45) is 1.95. The number of para-hydroxylation sites is 1. The van der Waals surface area contributed by atoms with Crippen LogP contribution in [0, 0.1) is 17.2 Å². The molecule has 0 aromatic heterocycles. The van der Waals surface area contributed by atoms with Gasteiger partial charge in [0.1, 0.15) is 11.3 Å². The molecule has 2 N–H and O–H groups in total. The summed E-state index contributed by atoms with van der Waals surface area (Å²) >= 11 is 6.07. The molecule has 2 aromatic carbocycles. The van der Waals surface area contributed by atoms with Crippen molar-refractivity contribution >= 4 is 23.2 Å². The summed E-state index contributed by atoms with van der Waals surface area (Å²) in [6, 6.07) is 16.8. The first-order valence-electron chi connectivity index (χ1n) is 8.49. The molecule has 134 valence electrons. The van der Waals surface area contributed by atoms with Crippen LogP contribution in [0.25, 0.3) is 0 Å². The van der Waals surface area contributed by atoms with E-state index in [0.29, 0.717) is 22.2 Å². The second-order valence-electron chi connectivity index (χ2n) is 6.55. The Morgan fingerprint density at radius 2 is 2.04 bits per heavy atom. The minimum atomic E-state index is -0.809.